The van der Waals surface area contributed by atoms with Crippen LogP contribution in [0.15, 0.2) is 134 Å². The third-order valence-electron chi connectivity index (χ3n) is 14.1. The average Bonchev–Trinajstić information content (AvgIpc) is 3.47. The molecule has 81 heavy (non-hydrogen) atoms. The first-order chi connectivity index (χ1) is 40.0. The van der Waals surface area contributed by atoms with Gasteiger partial charge in [0.15, 0.2) is 6.10 Å². The molecule has 0 saturated heterocycles. The van der Waals surface area contributed by atoms with Gasteiger partial charge in [-0.3, -0.25) is 14.4 Å². The van der Waals surface area contributed by atoms with Crippen LogP contribution in [0.25, 0.3) is 0 Å². The second kappa shape index (κ2) is 68.1. The van der Waals surface area contributed by atoms with Gasteiger partial charge in [0.25, 0.3) is 0 Å². The highest BCUT2D eigenvalue weighted by Crippen LogP contribution is 2.15. The fraction of sp³-hybridized carbons (Fsp3) is 0.667. The summed E-state index contributed by atoms with van der Waals surface area (Å²) in [7, 11) is 0. The van der Waals surface area contributed by atoms with Gasteiger partial charge >= 0.3 is 17.9 Å². The van der Waals surface area contributed by atoms with E-state index in [1.807, 2.05) is 0 Å². The topological polar surface area (TPSA) is 78.9 Å². The molecule has 1 unspecified atom stereocenters. The second-order valence-electron chi connectivity index (χ2n) is 22.0. The van der Waals surface area contributed by atoms with Crippen molar-refractivity contribution in [1.82, 2.24) is 0 Å². The Morgan fingerprint density at radius 3 is 0.778 bits per heavy atom. The maximum Gasteiger partial charge on any atom is 0.306 e. The van der Waals surface area contributed by atoms with Crippen molar-refractivity contribution in [2.75, 3.05) is 13.2 Å². The highest BCUT2D eigenvalue weighted by molar-refractivity contribution is 5.71. The van der Waals surface area contributed by atoms with Gasteiger partial charge in [-0.05, 0) is 141 Å². The Morgan fingerprint density at radius 2 is 0.481 bits per heavy atom. The van der Waals surface area contributed by atoms with E-state index in [1.165, 1.54) is 135 Å². The van der Waals surface area contributed by atoms with E-state index in [-0.39, 0.29) is 31.1 Å². The molecule has 0 rings (SSSR count). The molecule has 0 radical (unpaired) electrons. The van der Waals surface area contributed by atoms with E-state index in [0.29, 0.717) is 19.3 Å². The summed E-state index contributed by atoms with van der Waals surface area (Å²) in [6.45, 7) is 6.49. The normalized spacial score (nSPS) is 13.0. The SMILES string of the molecule is CC/C=C\C/C=C\C/C=C\C/C=C\C/C=C\C/C=C\C/C=C\C/C=C\C/C=C\CCCCCC(=O)OCC(COC(=O)CCCCCCC/C=C\CCCCCCCC)OC(=O)CCCCCCCCC/C=C\CCCCCCCC. The molecule has 1 atom stereocenters. The molecule has 6 heteroatoms. The molecular weight excluding hydrogens is 997 g/mol. The summed E-state index contributed by atoms with van der Waals surface area (Å²) in [5.41, 5.74) is 0. The van der Waals surface area contributed by atoms with Crippen molar-refractivity contribution in [3.8, 4) is 0 Å². The lowest BCUT2D eigenvalue weighted by Crippen LogP contribution is -2.30. The minimum absolute atomic E-state index is 0.0968. The molecule has 0 aliphatic rings. The number of unbranched alkanes of at least 4 members (excludes halogenated alkanes) is 27. The summed E-state index contributed by atoms with van der Waals surface area (Å²) in [5, 5.41) is 0. The predicted molar refractivity (Wildman–Crippen MR) is 353 cm³/mol. The molecule has 0 heterocycles. The van der Waals surface area contributed by atoms with Crippen molar-refractivity contribution < 1.29 is 28.6 Å². The molecule has 0 saturated carbocycles. The van der Waals surface area contributed by atoms with Gasteiger partial charge in [-0.15, -0.1) is 0 Å². The summed E-state index contributed by atoms with van der Waals surface area (Å²) in [6.07, 6.45) is 96.0. The van der Waals surface area contributed by atoms with Gasteiger partial charge < -0.3 is 14.2 Å². The van der Waals surface area contributed by atoms with Gasteiger partial charge in [0.1, 0.15) is 13.2 Å². The summed E-state index contributed by atoms with van der Waals surface area (Å²) in [4.78, 5) is 38.4. The number of allylic oxidation sites excluding steroid dienone is 22. The van der Waals surface area contributed by atoms with E-state index in [0.717, 1.165) is 128 Å². The Kier molecular flexibility index (Phi) is 64.3. The van der Waals surface area contributed by atoms with E-state index in [4.69, 9.17) is 14.2 Å². The fourth-order valence-corrected chi connectivity index (χ4v) is 9.07. The number of esters is 3. The molecule has 0 spiro atoms. The third-order valence-corrected chi connectivity index (χ3v) is 14.1. The van der Waals surface area contributed by atoms with Crippen LogP contribution in [0, 0.1) is 0 Å². The zero-order valence-electron chi connectivity index (χ0n) is 52.8. The number of carbonyl (C=O) groups excluding carboxylic acids is 3. The maximum absolute atomic E-state index is 12.9. The van der Waals surface area contributed by atoms with Crippen LogP contribution >= 0.6 is 0 Å². The van der Waals surface area contributed by atoms with Crippen LogP contribution in [0.1, 0.15) is 303 Å². The van der Waals surface area contributed by atoms with Crippen molar-refractivity contribution in [3.05, 3.63) is 134 Å². The number of rotatable bonds is 60. The van der Waals surface area contributed by atoms with Gasteiger partial charge in [-0.1, -0.05) is 276 Å². The predicted octanol–water partition coefficient (Wildman–Crippen LogP) is 23.3. The average molecular weight is 1120 g/mol. The zero-order valence-corrected chi connectivity index (χ0v) is 52.8. The number of carbonyl (C=O) groups is 3. The van der Waals surface area contributed by atoms with Crippen LogP contribution in [-0.4, -0.2) is 37.2 Å². The van der Waals surface area contributed by atoms with Crippen molar-refractivity contribution in [1.29, 1.82) is 0 Å². The lowest BCUT2D eigenvalue weighted by atomic mass is 10.1. The molecule has 0 fully saturated rings. The van der Waals surface area contributed by atoms with Crippen LogP contribution in [-0.2, 0) is 28.6 Å². The Morgan fingerprint density at radius 1 is 0.259 bits per heavy atom. The van der Waals surface area contributed by atoms with Crippen LogP contribution < -0.4 is 0 Å². The van der Waals surface area contributed by atoms with Gasteiger partial charge in [-0.25, -0.2) is 0 Å². The quantitative estimate of drug-likeness (QED) is 0.0261. The van der Waals surface area contributed by atoms with Gasteiger partial charge in [0.2, 0.25) is 0 Å². The highest BCUT2D eigenvalue weighted by atomic mass is 16.6. The first kappa shape index (κ1) is 76.5. The van der Waals surface area contributed by atoms with Crippen molar-refractivity contribution in [3.63, 3.8) is 0 Å². The van der Waals surface area contributed by atoms with Gasteiger partial charge in [0.05, 0.1) is 0 Å². The Balaban J connectivity index is 4.41. The number of ether oxygens (including phenoxy) is 3. The van der Waals surface area contributed by atoms with Gasteiger partial charge in [-0.2, -0.15) is 0 Å². The fourth-order valence-electron chi connectivity index (χ4n) is 9.07. The van der Waals surface area contributed by atoms with E-state index in [9.17, 15) is 14.4 Å². The van der Waals surface area contributed by atoms with Crippen LogP contribution in [0.2, 0.25) is 0 Å². The molecule has 0 aliphatic heterocycles. The Hall–Kier alpha value is -4.45. The van der Waals surface area contributed by atoms with E-state index in [1.54, 1.807) is 0 Å². The first-order valence-electron chi connectivity index (χ1n) is 33.7. The summed E-state index contributed by atoms with van der Waals surface area (Å²) < 4.78 is 16.9. The molecule has 0 aromatic heterocycles. The molecular formula is C75H124O6. The molecule has 0 aromatic carbocycles. The minimum Gasteiger partial charge on any atom is -0.462 e. The molecule has 460 valence electrons. The highest BCUT2D eigenvalue weighted by Gasteiger charge is 2.19. The van der Waals surface area contributed by atoms with E-state index >= 15 is 0 Å². The maximum atomic E-state index is 12.9. The first-order valence-corrected chi connectivity index (χ1v) is 33.7. The monoisotopic (exact) mass is 1120 g/mol. The van der Waals surface area contributed by atoms with Crippen LogP contribution in [0.3, 0.4) is 0 Å². The van der Waals surface area contributed by atoms with Crippen molar-refractivity contribution >= 4 is 17.9 Å². The summed E-state index contributed by atoms with van der Waals surface area (Å²) >= 11 is 0. The smallest absolute Gasteiger partial charge is 0.306 e. The van der Waals surface area contributed by atoms with E-state index in [2.05, 4.69) is 154 Å². The molecule has 6 nitrogen and oxygen atoms in total. The van der Waals surface area contributed by atoms with Crippen LogP contribution in [0.5, 0.6) is 0 Å². The lowest BCUT2D eigenvalue weighted by molar-refractivity contribution is -0.167. The standard InChI is InChI=1S/C75H124O6/c1-4-7-10-13-16-19-22-25-28-30-31-32-33-34-35-36-37-38-39-40-41-42-43-45-47-50-53-56-59-62-65-68-74(77)80-71-72(70-79-73(76)67-64-61-58-55-52-49-46-27-24-21-18-15-12-9-6-3)81-75(78)69-66-63-60-57-54-51-48-44-29-26-23-20-17-14-11-8-5-2/h7,10,16,19,25-29,31-32,34-35,37-38,40-41,43,45-46,50,53,72H,4-6,8-9,11-15,17-18,20-24,30,33,36,39,42,44,47-49,51-52,54-71H2,1-3H3/b10-7-,19-16-,28-25-,29-26-,32-31-,35-34-,38-37-,41-40-,45-43-,46-27-,53-50-. The number of hydrogen-bond donors (Lipinski definition) is 0. The molecule has 0 amide bonds. The minimum atomic E-state index is -0.803. The van der Waals surface area contributed by atoms with Gasteiger partial charge in [0, 0.05) is 19.3 Å². The molecule has 0 aliphatic carbocycles. The second-order valence-corrected chi connectivity index (χ2v) is 22.0. The summed E-state index contributed by atoms with van der Waals surface area (Å²) in [5.74, 6) is -0.938. The van der Waals surface area contributed by atoms with Crippen molar-refractivity contribution in [2.45, 2.75) is 309 Å². The molecule has 0 N–H and O–H groups in total. The van der Waals surface area contributed by atoms with Crippen molar-refractivity contribution in [2.24, 2.45) is 0 Å². The Labute approximate surface area is 500 Å². The largest absolute Gasteiger partial charge is 0.462 e. The lowest BCUT2D eigenvalue weighted by Gasteiger charge is -2.18. The zero-order chi connectivity index (χ0) is 58.5. The van der Waals surface area contributed by atoms with E-state index < -0.39 is 6.10 Å². The molecule has 0 bridgehead atoms. The molecule has 0 aromatic rings. The van der Waals surface area contributed by atoms with Crippen LogP contribution in [0.4, 0.5) is 0 Å². The Bertz CT molecular complexity index is 1720. The third kappa shape index (κ3) is 66.2. The summed E-state index contributed by atoms with van der Waals surface area (Å²) in [6, 6.07) is 0. The number of hydrogen-bond acceptors (Lipinski definition) is 6.